The molecule has 1 aliphatic rings. The lowest BCUT2D eigenvalue weighted by molar-refractivity contribution is -0.140. The molecular weight excluding hydrogens is 418 g/mol. The molecule has 0 bridgehead atoms. The number of likely N-dealkylation sites (tertiary alicyclic amines) is 1. The molecule has 3 aromatic carbocycles. The lowest BCUT2D eigenvalue weighted by Gasteiger charge is -2.26. The molecule has 33 heavy (non-hydrogen) atoms. The van der Waals surface area contributed by atoms with E-state index in [0.29, 0.717) is 22.6 Å². The zero-order valence-corrected chi connectivity index (χ0v) is 18.7. The van der Waals surface area contributed by atoms with E-state index in [2.05, 4.69) is 0 Å². The van der Waals surface area contributed by atoms with Gasteiger partial charge in [0.2, 0.25) is 0 Å². The Balaban J connectivity index is 1.89. The van der Waals surface area contributed by atoms with Crippen molar-refractivity contribution in [2.24, 2.45) is 0 Å². The van der Waals surface area contributed by atoms with Crippen molar-refractivity contribution in [2.75, 3.05) is 14.2 Å². The SMILES string of the molecule is COc1ccc(C2/C(=C(/O)c3ccc(C)cc3)C(=O)C(=O)N2Cc2ccccc2)cc1OC. The lowest BCUT2D eigenvalue weighted by atomic mass is 9.94. The van der Waals surface area contributed by atoms with Gasteiger partial charge in [-0.05, 0) is 30.2 Å². The van der Waals surface area contributed by atoms with Gasteiger partial charge >= 0.3 is 0 Å². The number of benzene rings is 3. The zero-order valence-electron chi connectivity index (χ0n) is 18.7. The molecule has 1 fully saturated rings. The molecule has 1 amide bonds. The Bertz CT molecular complexity index is 1220. The van der Waals surface area contributed by atoms with Crippen molar-refractivity contribution in [1.82, 2.24) is 4.90 Å². The minimum absolute atomic E-state index is 0.0482. The summed E-state index contributed by atoms with van der Waals surface area (Å²) >= 11 is 0. The van der Waals surface area contributed by atoms with Gasteiger partial charge in [-0.25, -0.2) is 0 Å². The van der Waals surface area contributed by atoms with Crippen molar-refractivity contribution in [2.45, 2.75) is 19.5 Å². The van der Waals surface area contributed by atoms with Gasteiger partial charge in [0.15, 0.2) is 11.5 Å². The molecule has 1 aliphatic heterocycles. The van der Waals surface area contributed by atoms with E-state index in [9.17, 15) is 14.7 Å². The van der Waals surface area contributed by atoms with E-state index < -0.39 is 17.7 Å². The van der Waals surface area contributed by atoms with E-state index in [-0.39, 0.29) is 17.9 Å². The van der Waals surface area contributed by atoms with Crippen molar-refractivity contribution in [1.29, 1.82) is 0 Å². The van der Waals surface area contributed by atoms with Gasteiger partial charge < -0.3 is 19.5 Å². The van der Waals surface area contributed by atoms with E-state index in [1.807, 2.05) is 49.4 Å². The Labute approximate surface area is 192 Å². The summed E-state index contributed by atoms with van der Waals surface area (Å²) in [5.41, 5.74) is 3.06. The first kappa shape index (κ1) is 22.1. The number of carbonyl (C=O) groups is 2. The Morgan fingerprint density at radius 3 is 2.21 bits per heavy atom. The largest absolute Gasteiger partial charge is 0.507 e. The number of Topliss-reactive ketones (excluding diaryl/α,β-unsaturated/α-hetero) is 1. The predicted octanol–water partition coefficient (Wildman–Crippen LogP) is 4.63. The molecular formula is C27H25NO5. The predicted molar refractivity (Wildman–Crippen MR) is 125 cm³/mol. The maximum Gasteiger partial charge on any atom is 0.295 e. The van der Waals surface area contributed by atoms with Crippen LogP contribution in [0.25, 0.3) is 5.76 Å². The second kappa shape index (κ2) is 9.20. The van der Waals surface area contributed by atoms with Crippen LogP contribution in [-0.4, -0.2) is 35.9 Å². The van der Waals surface area contributed by atoms with Crippen LogP contribution in [0.3, 0.4) is 0 Å². The summed E-state index contributed by atoms with van der Waals surface area (Å²) in [6.07, 6.45) is 0. The topological polar surface area (TPSA) is 76.1 Å². The third-order valence-corrected chi connectivity index (χ3v) is 5.78. The molecule has 0 saturated carbocycles. The average molecular weight is 443 g/mol. The molecule has 0 aliphatic carbocycles. The van der Waals surface area contributed by atoms with Crippen LogP contribution in [0.5, 0.6) is 11.5 Å². The molecule has 6 nitrogen and oxygen atoms in total. The van der Waals surface area contributed by atoms with Gasteiger partial charge in [-0.1, -0.05) is 66.2 Å². The van der Waals surface area contributed by atoms with Crippen molar-refractivity contribution >= 4 is 17.4 Å². The molecule has 0 spiro atoms. The number of ether oxygens (including phenoxy) is 2. The molecule has 1 N–H and O–H groups in total. The van der Waals surface area contributed by atoms with Crippen LogP contribution in [0.15, 0.2) is 78.4 Å². The van der Waals surface area contributed by atoms with Gasteiger partial charge in [-0.2, -0.15) is 0 Å². The highest BCUT2D eigenvalue weighted by Gasteiger charge is 2.46. The second-order valence-corrected chi connectivity index (χ2v) is 7.89. The van der Waals surface area contributed by atoms with Gasteiger partial charge in [-0.3, -0.25) is 9.59 Å². The van der Waals surface area contributed by atoms with Crippen LogP contribution in [0.2, 0.25) is 0 Å². The van der Waals surface area contributed by atoms with Crippen molar-refractivity contribution in [3.63, 3.8) is 0 Å². The first-order valence-electron chi connectivity index (χ1n) is 10.6. The van der Waals surface area contributed by atoms with Crippen molar-refractivity contribution in [3.05, 3.63) is 101 Å². The number of rotatable bonds is 6. The molecule has 0 radical (unpaired) electrons. The average Bonchev–Trinajstić information content (AvgIpc) is 3.09. The van der Waals surface area contributed by atoms with Crippen LogP contribution in [0.1, 0.15) is 28.3 Å². The molecule has 1 atom stereocenters. The highest BCUT2D eigenvalue weighted by atomic mass is 16.5. The third kappa shape index (κ3) is 4.20. The van der Waals surface area contributed by atoms with Gasteiger partial charge in [0.25, 0.3) is 11.7 Å². The molecule has 1 heterocycles. The van der Waals surface area contributed by atoms with E-state index >= 15 is 0 Å². The molecule has 168 valence electrons. The van der Waals surface area contributed by atoms with Gasteiger partial charge in [0.1, 0.15) is 5.76 Å². The van der Waals surface area contributed by atoms with Crippen LogP contribution >= 0.6 is 0 Å². The number of aryl methyl sites for hydroxylation is 1. The summed E-state index contributed by atoms with van der Waals surface area (Å²) in [5.74, 6) is -0.588. The number of aliphatic hydroxyl groups excluding tert-OH is 1. The summed E-state index contributed by atoms with van der Waals surface area (Å²) in [6, 6.07) is 21.1. The fourth-order valence-corrected chi connectivity index (χ4v) is 4.06. The monoisotopic (exact) mass is 443 g/mol. The minimum atomic E-state index is -0.786. The second-order valence-electron chi connectivity index (χ2n) is 7.89. The summed E-state index contributed by atoms with van der Waals surface area (Å²) in [4.78, 5) is 27.8. The number of carbonyl (C=O) groups excluding carboxylic acids is 2. The Morgan fingerprint density at radius 1 is 0.909 bits per heavy atom. The van der Waals surface area contributed by atoms with Crippen molar-refractivity contribution < 1.29 is 24.2 Å². The number of nitrogens with zero attached hydrogens (tertiary/aromatic N) is 1. The molecule has 1 unspecified atom stereocenters. The Hall–Kier alpha value is -4.06. The van der Waals surface area contributed by atoms with Crippen molar-refractivity contribution in [3.8, 4) is 11.5 Å². The molecule has 3 aromatic rings. The third-order valence-electron chi connectivity index (χ3n) is 5.78. The van der Waals surface area contributed by atoms with E-state index in [1.165, 1.54) is 19.1 Å². The summed E-state index contributed by atoms with van der Waals surface area (Å²) < 4.78 is 10.8. The van der Waals surface area contributed by atoms with E-state index in [1.54, 1.807) is 30.3 Å². The summed E-state index contributed by atoms with van der Waals surface area (Å²) in [7, 11) is 3.06. The number of hydrogen-bond acceptors (Lipinski definition) is 5. The molecule has 6 heteroatoms. The lowest BCUT2D eigenvalue weighted by Crippen LogP contribution is -2.29. The zero-order chi connectivity index (χ0) is 23.5. The van der Waals surface area contributed by atoms with E-state index in [4.69, 9.17) is 9.47 Å². The van der Waals surface area contributed by atoms with Crippen LogP contribution in [0.4, 0.5) is 0 Å². The molecule has 1 saturated heterocycles. The normalized spacial score (nSPS) is 17.3. The molecule has 0 aromatic heterocycles. The minimum Gasteiger partial charge on any atom is -0.507 e. The maximum absolute atomic E-state index is 13.2. The quantitative estimate of drug-likeness (QED) is 0.341. The number of amides is 1. The standard InChI is InChI=1S/C27H25NO5/c1-17-9-11-19(12-10-17)25(29)23-24(20-13-14-21(32-2)22(15-20)33-3)28(27(31)26(23)30)16-18-7-5-4-6-8-18/h4-15,24,29H,16H2,1-3H3/b25-23-. The van der Waals surface area contributed by atoms with E-state index in [0.717, 1.165) is 11.1 Å². The van der Waals surface area contributed by atoms with Gasteiger partial charge in [-0.15, -0.1) is 0 Å². The molecule has 4 rings (SSSR count). The highest BCUT2D eigenvalue weighted by molar-refractivity contribution is 6.46. The summed E-state index contributed by atoms with van der Waals surface area (Å²) in [5, 5.41) is 11.2. The number of ketones is 1. The fraction of sp³-hybridized carbons (Fsp3) is 0.185. The van der Waals surface area contributed by atoms with Gasteiger partial charge in [0, 0.05) is 12.1 Å². The summed E-state index contributed by atoms with van der Waals surface area (Å²) in [6.45, 7) is 2.15. The maximum atomic E-state index is 13.2. The Morgan fingerprint density at radius 2 is 1.58 bits per heavy atom. The number of methoxy groups -OCH3 is 2. The smallest absolute Gasteiger partial charge is 0.295 e. The highest BCUT2D eigenvalue weighted by Crippen LogP contribution is 2.42. The fourth-order valence-electron chi connectivity index (χ4n) is 4.06. The first-order valence-corrected chi connectivity index (χ1v) is 10.6. The first-order chi connectivity index (χ1) is 15.9. The van der Waals surface area contributed by atoms with Gasteiger partial charge in [0.05, 0.1) is 25.8 Å². The number of hydrogen-bond donors (Lipinski definition) is 1. The van der Waals surface area contributed by atoms with Crippen LogP contribution < -0.4 is 9.47 Å². The Kier molecular flexibility index (Phi) is 6.18. The van der Waals surface area contributed by atoms with Crippen LogP contribution in [0, 0.1) is 6.92 Å². The number of aliphatic hydroxyl groups is 1. The van der Waals surface area contributed by atoms with Crippen LogP contribution in [-0.2, 0) is 16.1 Å².